The van der Waals surface area contributed by atoms with E-state index in [0.29, 0.717) is 12.6 Å². The summed E-state index contributed by atoms with van der Waals surface area (Å²) in [6.07, 6.45) is 7.45. The minimum Gasteiger partial charge on any atom is -0.301 e. The van der Waals surface area contributed by atoms with Gasteiger partial charge in [0.1, 0.15) is 0 Å². The van der Waals surface area contributed by atoms with Crippen LogP contribution in [-0.2, 0) is 9.59 Å². The average molecular weight is 236 g/mol. The van der Waals surface area contributed by atoms with E-state index in [4.69, 9.17) is 0 Å². The number of rotatable bonds is 4. The summed E-state index contributed by atoms with van der Waals surface area (Å²) in [5.41, 5.74) is 0. The monoisotopic (exact) mass is 236 g/mol. The van der Waals surface area contributed by atoms with Crippen molar-refractivity contribution in [2.75, 3.05) is 19.6 Å². The number of carbonyl (C=O) groups excluding carboxylic acids is 2. The van der Waals surface area contributed by atoms with Gasteiger partial charge in [0.2, 0.25) is 0 Å². The summed E-state index contributed by atoms with van der Waals surface area (Å²) in [6, 6.07) is 0.645. The van der Waals surface area contributed by atoms with Crippen LogP contribution in [0.5, 0.6) is 0 Å². The number of hydrogen-bond donors (Lipinski definition) is 0. The molecule has 1 atom stereocenters. The van der Waals surface area contributed by atoms with Crippen LogP contribution in [0.3, 0.4) is 0 Å². The Morgan fingerprint density at radius 2 is 1.88 bits per heavy atom. The van der Waals surface area contributed by atoms with Gasteiger partial charge in [0.15, 0.2) is 0 Å². The van der Waals surface area contributed by atoms with Crippen molar-refractivity contribution in [2.45, 2.75) is 38.6 Å². The van der Waals surface area contributed by atoms with E-state index >= 15 is 0 Å². The minimum atomic E-state index is -0.165. The predicted octanol–water partition coefficient (Wildman–Crippen LogP) is 1.18. The molecule has 1 saturated heterocycles. The second kappa shape index (κ2) is 5.45. The Bertz CT molecular complexity index is 320. The van der Waals surface area contributed by atoms with E-state index in [9.17, 15) is 9.59 Å². The molecule has 0 bridgehead atoms. The lowest BCUT2D eigenvalue weighted by Crippen LogP contribution is -2.40. The molecule has 0 N–H and O–H groups in total. The Kier molecular flexibility index (Phi) is 3.94. The van der Waals surface area contributed by atoms with Crippen LogP contribution >= 0.6 is 0 Å². The van der Waals surface area contributed by atoms with E-state index in [1.54, 1.807) is 0 Å². The Hall–Kier alpha value is -1.16. The van der Waals surface area contributed by atoms with Crippen molar-refractivity contribution in [3.05, 3.63) is 12.2 Å². The largest absolute Gasteiger partial charge is 0.301 e. The van der Waals surface area contributed by atoms with Crippen LogP contribution < -0.4 is 0 Å². The fourth-order valence-corrected chi connectivity index (χ4v) is 2.57. The molecule has 1 fully saturated rings. The molecule has 0 saturated carbocycles. The maximum absolute atomic E-state index is 11.3. The first-order valence-corrected chi connectivity index (χ1v) is 6.46. The fourth-order valence-electron chi connectivity index (χ4n) is 2.57. The third-order valence-electron chi connectivity index (χ3n) is 3.67. The quantitative estimate of drug-likeness (QED) is 0.688. The van der Waals surface area contributed by atoms with Crippen molar-refractivity contribution < 1.29 is 9.59 Å². The van der Waals surface area contributed by atoms with Gasteiger partial charge in [-0.15, -0.1) is 0 Å². The standard InChI is InChI=1S/C13H20N2O2/c1-11-5-2-3-8-14(11)9-4-10-15-12(16)6-7-13(15)17/h6-7,11H,2-5,8-10H2,1H3. The van der Waals surface area contributed by atoms with E-state index in [0.717, 1.165) is 19.5 Å². The Labute approximate surface area is 102 Å². The molecule has 2 amide bonds. The Balaban J connectivity index is 1.72. The molecule has 0 spiro atoms. The van der Waals surface area contributed by atoms with Crippen molar-refractivity contribution in [3.63, 3.8) is 0 Å². The number of nitrogens with zero attached hydrogens (tertiary/aromatic N) is 2. The van der Waals surface area contributed by atoms with Gasteiger partial charge in [-0.05, 0) is 32.7 Å². The molecule has 0 radical (unpaired) electrons. The molecular formula is C13H20N2O2. The zero-order valence-electron chi connectivity index (χ0n) is 10.4. The van der Waals surface area contributed by atoms with Crippen molar-refractivity contribution in [1.82, 2.24) is 9.80 Å². The van der Waals surface area contributed by atoms with Crippen molar-refractivity contribution in [1.29, 1.82) is 0 Å². The predicted molar refractivity (Wildman–Crippen MR) is 65.4 cm³/mol. The van der Waals surface area contributed by atoms with Gasteiger partial charge in [-0.25, -0.2) is 0 Å². The van der Waals surface area contributed by atoms with E-state index < -0.39 is 0 Å². The van der Waals surface area contributed by atoms with Gasteiger partial charge in [0, 0.05) is 31.3 Å². The smallest absolute Gasteiger partial charge is 0.253 e. The number of imide groups is 1. The molecule has 17 heavy (non-hydrogen) atoms. The van der Waals surface area contributed by atoms with Crippen molar-refractivity contribution >= 4 is 11.8 Å². The molecule has 0 aromatic rings. The summed E-state index contributed by atoms with van der Waals surface area (Å²) in [6.45, 7) is 4.94. The highest BCUT2D eigenvalue weighted by Crippen LogP contribution is 2.16. The van der Waals surface area contributed by atoms with E-state index in [2.05, 4.69) is 11.8 Å². The highest BCUT2D eigenvalue weighted by Gasteiger charge is 2.23. The molecule has 0 aromatic carbocycles. The number of amides is 2. The number of hydrogen-bond acceptors (Lipinski definition) is 3. The zero-order chi connectivity index (χ0) is 12.3. The highest BCUT2D eigenvalue weighted by molar-refractivity contribution is 6.12. The normalized spacial score (nSPS) is 25.9. The summed E-state index contributed by atoms with van der Waals surface area (Å²) in [5.74, 6) is -0.330. The molecule has 4 heteroatoms. The molecule has 2 heterocycles. The lowest BCUT2D eigenvalue weighted by molar-refractivity contribution is -0.136. The SMILES string of the molecule is CC1CCCCN1CCCN1C(=O)C=CC1=O. The van der Waals surface area contributed by atoms with Gasteiger partial charge in [-0.1, -0.05) is 6.42 Å². The van der Waals surface area contributed by atoms with Crippen LogP contribution in [0.2, 0.25) is 0 Å². The number of likely N-dealkylation sites (tertiary alicyclic amines) is 1. The highest BCUT2D eigenvalue weighted by atomic mass is 16.2. The Morgan fingerprint density at radius 1 is 1.18 bits per heavy atom. The van der Waals surface area contributed by atoms with Crippen LogP contribution in [-0.4, -0.2) is 47.3 Å². The maximum atomic E-state index is 11.3. The van der Waals surface area contributed by atoms with Gasteiger partial charge in [-0.3, -0.25) is 14.5 Å². The molecule has 2 rings (SSSR count). The zero-order valence-corrected chi connectivity index (χ0v) is 10.4. The summed E-state index contributed by atoms with van der Waals surface area (Å²) >= 11 is 0. The lowest BCUT2D eigenvalue weighted by Gasteiger charge is -2.33. The second-order valence-corrected chi connectivity index (χ2v) is 4.90. The third kappa shape index (κ3) is 2.94. The minimum absolute atomic E-state index is 0.165. The molecule has 2 aliphatic rings. The van der Waals surface area contributed by atoms with Gasteiger partial charge in [0.25, 0.3) is 11.8 Å². The van der Waals surface area contributed by atoms with Gasteiger partial charge in [0.05, 0.1) is 0 Å². The van der Waals surface area contributed by atoms with Crippen molar-refractivity contribution in [3.8, 4) is 0 Å². The maximum Gasteiger partial charge on any atom is 0.253 e. The van der Waals surface area contributed by atoms with E-state index in [1.807, 2.05) is 0 Å². The van der Waals surface area contributed by atoms with Crippen LogP contribution in [0.25, 0.3) is 0 Å². The molecule has 2 aliphatic heterocycles. The molecular weight excluding hydrogens is 216 g/mol. The van der Waals surface area contributed by atoms with Crippen LogP contribution in [0, 0.1) is 0 Å². The van der Waals surface area contributed by atoms with E-state index in [-0.39, 0.29) is 11.8 Å². The van der Waals surface area contributed by atoms with Gasteiger partial charge in [-0.2, -0.15) is 0 Å². The first-order valence-electron chi connectivity index (χ1n) is 6.46. The Morgan fingerprint density at radius 3 is 2.53 bits per heavy atom. The van der Waals surface area contributed by atoms with Crippen molar-refractivity contribution in [2.24, 2.45) is 0 Å². The van der Waals surface area contributed by atoms with Gasteiger partial charge < -0.3 is 4.90 Å². The van der Waals surface area contributed by atoms with Crippen LogP contribution in [0.15, 0.2) is 12.2 Å². The lowest BCUT2D eigenvalue weighted by atomic mass is 10.0. The van der Waals surface area contributed by atoms with Crippen LogP contribution in [0.1, 0.15) is 32.6 Å². The first kappa shape index (κ1) is 12.3. The third-order valence-corrected chi connectivity index (χ3v) is 3.67. The average Bonchev–Trinajstić information content (AvgIpc) is 2.63. The summed E-state index contributed by atoms with van der Waals surface area (Å²) in [5, 5.41) is 0. The molecule has 0 aliphatic carbocycles. The molecule has 94 valence electrons. The molecule has 1 unspecified atom stereocenters. The molecule has 0 aromatic heterocycles. The summed E-state index contributed by atoms with van der Waals surface area (Å²) in [4.78, 5) is 26.5. The number of carbonyl (C=O) groups is 2. The first-order chi connectivity index (χ1) is 8.18. The summed E-state index contributed by atoms with van der Waals surface area (Å²) in [7, 11) is 0. The topological polar surface area (TPSA) is 40.6 Å². The van der Waals surface area contributed by atoms with E-state index in [1.165, 1.54) is 36.3 Å². The van der Waals surface area contributed by atoms with Gasteiger partial charge >= 0.3 is 0 Å². The second-order valence-electron chi connectivity index (χ2n) is 4.90. The van der Waals surface area contributed by atoms with Crippen LogP contribution in [0.4, 0.5) is 0 Å². The number of piperidine rings is 1. The summed E-state index contributed by atoms with van der Waals surface area (Å²) < 4.78 is 0. The molecule has 4 nitrogen and oxygen atoms in total. The fraction of sp³-hybridized carbons (Fsp3) is 0.692.